The van der Waals surface area contributed by atoms with Crippen molar-refractivity contribution in [3.05, 3.63) is 65.2 Å². The monoisotopic (exact) mass is 494 g/mol. The number of benzene rings is 2. The molecule has 36 heavy (non-hydrogen) atoms. The number of aromatic carboxylic acids is 1. The highest BCUT2D eigenvalue weighted by molar-refractivity contribution is 6.04. The predicted octanol–water partition coefficient (Wildman–Crippen LogP) is 3.91. The normalized spacial score (nSPS) is 12.0. The van der Waals surface area contributed by atoms with E-state index < -0.39 is 23.7 Å². The van der Waals surface area contributed by atoms with Crippen molar-refractivity contribution in [2.24, 2.45) is 11.8 Å². The van der Waals surface area contributed by atoms with E-state index in [2.05, 4.69) is 12.2 Å². The molecule has 0 bridgehead atoms. The molecule has 9 heteroatoms. The van der Waals surface area contributed by atoms with Crippen molar-refractivity contribution in [2.75, 3.05) is 0 Å². The van der Waals surface area contributed by atoms with Gasteiger partial charge in [-0.3, -0.25) is 14.8 Å². The summed E-state index contributed by atoms with van der Waals surface area (Å²) in [4.78, 5) is 41.0. The molecule has 3 aromatic rings. The first kappa shape index (κ1) is 26.9. The Labute approximate surface area is 210 Å². The molecular weight excluding hydrogens is 460 g/mol. The van der Waals surface area contributed by atoms with Gasteiger partial charge in [-0.1, -0.05) is 57.5 Å². The van der Waals surface area contributed by atoms with Gasteiger partial charge in [0, 0.05) is 19.2 Å². The van der Waals surface area contributed by atoms with Crippen LogP contribution >= 0.6 is 0 Å². The lowest BCUT2D eigenvalue weighted by molar-refractivity contribution is -0.141. The average Bonchev–Trinajstić information content (AvgIpc) is 3.25. The number of imidazole rings is 1. The lowest BCUT2D eigenvalue weighted by atomic mass is 9.95. The first-order valence-corrected chi connectivity index (χ1v) is 12.3. The molecule has 2 aromatic carbocycles. The number of carbonyl (C=O) groups is 3. The Morgan fingerprint density at radius 3 is 2.42 bits per heavy atom. The van der Waals surface area contributed by atoms with E-state index >= 15 is 0 Å². The fraction of sp³-hybridized carbons (Fsp3) is 0.407. The zero-order valence-corrected chi connectivity index (χ0v) is 21.0. The number of fused-ring (bicyclic) bond motifs is 1. The molecule has 0 fully saturated rings. The fourth-order valence-corrected chi connectivity index (χ4v) is 4.32. The first-order chi connectivity index (χ1) is 17.2. The quantitative estimate of drug-likeness (QED) is 0.171. The number of hydroxylamine groups is 1. The number of unbranched alkanes of at least 4 members (excludes halogenated alkanes) is 1. The maximum atomic E-state index is 12.7. The number of hydrogen-bond acceptors (Lipinski definition) is 5. The number of hydrogen-bond donors (Lipinski definition) is 4. The molecule has 0 spiro atoms. The SMILES string of the molecule is CCCCc1nc(CNC(=O)C(CC(C)C)C(=O)NO)cn1Cc1ccc(C(=O)O)c2ccccc12. The topological polar surface area (TPSA) is 134 Å². The summed E-state index contributed by atoms with van der Waals surface area (Å²) in [6, 6.07) is 10.9. The third-order valence-corrected chi connectivity index (χ3v) is 6.14. The molecule has 0 saturated carbocycles. The largest absolute Gasteiger partial charge is 0.478 e. The Balaban J connectivity index is 1.85. The van der Waals surface area contributed by atoms with Crippen LogP contribution in [0.1, 0.15) is 67.5 Å². The molecular formula is C27H34N4O5. The van der Waals surface area contributed by atoms with Gasteiger partial charge in [-0.25, -0.2) is 15.3 Å². The van der Waals surface area contributed by atoms with Gasteiger partial charge in [0.1, 0.15) is 11.7 Å². The molecule has 0 radical (unpaired) electrons. The second kappa shape index (κ2) is 12.3. The Bertz CT molecular complexity index is 1230. The van der Waals surface area contributed by atoms with Crippen LogP contribution in [0.5, 0.6) is 0 Å². The highest BCUT2D eigenvalue weighted by Gasteiger charge is 2.27. The summed E-state index contributed by atoms with van der Waals surface area (Å²) in [5.74, 6) is -2.18. The van der Waals surface area contributed by atoms with Gasteiger partial charge in [0.05, 0.1) is 17.8 Å². The van der Waals surface area contributed by atoms with E-state index in [0.29, 0.717) is 24.0 Å². The summed E-state index contributed by atoms with van der Waals surface area (Å²) in [6.07, 6.45) is 4.91. The second-order valence-electron chi connectivity index (χ2n) is 9.38. The Kier molecular flexibility index (Phi) is 9.19. The molecule has 0 aliphatic heterocycles. The van der Waals surface area contributed by atoms with Crippen LogP contribution in [0.2, 0.25) is 0 Å². The number of nitrogens with zero attached hydrogens (tertiary/aromatic N) is 2. The minimum atomic E-state index is -0.990. The van der Waals surface area contributed by atoms with Gasteiger partial charge in [0.15, 0.2) is 0 Å². The molecule has 192 valence electrons. The number of carboxylic acid groups (broad SMARTS) is 1. The standard InChI is InChI=1S/C27H34N4O5/c1-4-5-10-24-29-19(14-28-25(32)23(13-17(2)3)26(33)30-36)16-31(24)15-18-11-12-22(27(34)35)21-9-7-6-8-20(18)21/h6-9,11-12,16-17,23,36H,4-5,10,13-15H2,1-3H3,(H,28,32)(H,30,33)(H,34,35). The number of amides is 2. The highest BCUT2D eigenvalue weighted by atomic mass is 16.5. The van der Waals surface area contributed by atoms with E-state index in [1.54, 1.807) is 11.5 Å². The number of carboxylic acids is 1. The highest BCUT2D eigenvalue weighted by Crippen LogP contribution is 2.25. The van der Waals surface area contributed by atoms with Gasteiger partial charge in [-0.2, -0.15) is 0 Å². The van der Waals surface area contributed by atoms with Crippen LogP contribution in [0.4, 0.5) is 0 Å². The lowest BCUT2D eigenvalue weighted by Crippen LogP contribution is -2.40. The average molecular weight is 495 g/mol. The predicted molar refractivity (Wildman–Crippen MR) is 136 cm³/mol. The first-order valence-electron chi connectivity index (χ1n) is 12.3. The minimum Gasteiger partial charge on any atom is -0.478 e. The number of rotatable bonds is 12. The van der Waals surface area contributed by atoms with Gasteiger partial charge in [0.25, 0.3) is 5.91 Å². The summed E-state index contributed by atoms with van der Waals surface area (Å²) in [6.45, 7) is 6.56. The molecule has 1 heterocycles. The van der Waals surface area contributed by atoms with Crippen LogP contribution in [0.25, 0.3) is 10.8 Å². The van der Waals surface area contributed by atoms with Crippen molar-refractivity contribution in [1.29, 1.82) is 0 Å². The fourth-order valence-electron chi connectivity index (χ4n) is 4.32. The van der Waals surface area contributed by atoms with Crippen LogP contribution in [0, 0.1) is 11.8 Å². The molecule has 3 rings (SSSR count). The molecule has 1 atom stereocenters. The molecule has 1 aromatic heterocycles. The zero-order valence-electron chi connectivity index (χ0n) is 21.0. The van der Waals surface area contributed by atoms with Gasteiger partial charge >= 0.3 is 5.97 Å². The Morgan fingerprint density at radius 2 is 1.78 bits per heavy atom. The van der Waals surface area contributed by atoms with E-state index in [1.165, 1.54) is 0 Å². The molecule has 0 saturated heterocycles. The maximum Gasteiger partial charge on any atom is 0.336 e. The zero-order chi connectivity index (χ0) is 26.2. The summed E-state index contributed by atoms with van der Waals surface area (Å²) >= 11 is 0. The van der Waals surface area contributed by atoms with Crippen molar-refractivity contribution in [3.63, 3.8) is 0 Å². The van der Waals surface area contributed by atoms with Crippen molar-refractivity contribution in [1.82, 2.24) is 20.3 Å². The van der Waals surface area contributed by atoms with E-state index in [9.17, 15) is 19.5 Å². The number of aryl methyl sites for hydroxylation is 1. The minimum absolute atomic E-state index is 0.0974. The molecule has 9 nitrogen and oxygen atoms in total. The smallest absolute Gasteiger partial charge is 0.336 e. The molecule has 0 aliphatic carbocycles. The van der Waals surface area contributed by atoms with Gasteiger partial charge < -0.3 is 15.0 Å². The number of nitrogens with one attached hydrogen (secondary N) is 2. The van der Waals surface area contributed by atoms with E-state index in [1.807, 2.05) is 54.9 Å². The summed E-state index contributed by atoms with van der Waals surface area (Å²) in [5.41, 5.74) is 3.48. The maximum absolute atomic E-state index is 12.7. The number of carbonyl (C=O) groups excluding carboxylic acids is 2. The second-order valence-corrected chi connectivity index (χ2v) is 9.38. The van der Waals surface area contributed by atoms with E-state index in [0.717, 1.165) is 36.0 Å². The van der Waals surface area contributed by atoms with Crippen molar-refractivity contribution in [3.8, 4) is 0 Å². The van der Waals surface area contributed by atoms with Gasteiger partial charge in [0.2, 0.25) is 5.91 Å². The summed E-state index contributed by atoms with van der Waals surface area (Å²) < 4.78 is 2.03. The van der Waals surface area contributed by atoms with Crippen molar-refractivity contribution in [2.45, 2.75) is 59.5 Å². The van der Waals surface area contributed by atoms with Crippen LogP contribution in [-0.2, 0) is 29.1 Å². The van der Waals surface area contributed by atoms with E-state index in [4.69, 9.17) is 10.2 Å². The summed E-state index contributed by atoms with van der Waals surface area (Å²) in [5, 5.41) is 22.9. The molecule has 4 N–H and O–H groups in total. The Morgan fingerprint density at radius 1 is 1.06 bits per heavy atom. The van der Waals surface area contributed by atoms with Crippen molar-refractivity contribution >= 4 is 28.6 Å². The molecule has 2 amide bonds. The third-order valence-electron chi connectivity index (χ3n) is 6.14. The summed E-state index contributed by atoms with van der Waals surface area (Å²) in [7, 11) is 0. The van der Waals surface area contributed by atoms with Crippen LogP contribution in [-0.4, -0.2) is 37.6 Å². The van der Waals surface area contributed by atoms with Crippen LogP contribution in [0.15, 0.2) is 42.6 Å². The van der Waals surface area contributed by atoms with Crippen molar-refractivity contribution < 1.29 is 24.7 Å². The van der Waals surface area contributed by atoms with Gasteiger partial charge in [-0.05, 0) is 41.2 Å². The molecule has 0 aliphatic rings. The molecule has 1 unspecified atom stereocenters. The van der Waals surface area contributed by atoms with Crippen LogP contribution in [0.3, 0.4) is 0 Å². The lowest BCUT2D eigenvalue weighted by Gasteiger charge is -2.16. The van der Waals surface area contributed by atoms with E-state index in [-0.39, 0.29) is 18.0 Å². The Hall–Kier alpha value is -3.72. The number of aromatic nitrogens is 2. The third kappa shape index (κ3) is 6.48. The van der Waals surface area contributed by atoms with Crippen LogP contribution < -0.4 is 10.8 Å². The van der Waals surface area contributed by atoms with Gasteiger partial charge in [-0.15, -0.1) is 0 Å².